The SMILES string of the molecule is O=[N+]([O-])c1ccc(CS(=O)(=O)N2CC(O)C(O)C2)cc1. The molecule has 0 bridgehead atoms. The predicted molar refractivity (Wildman–Crippen MR) is 69.3 cm³/mol. The molecule has 20 heavy (non-hydrogen) atoms. The minimum atomic E-state index is -3.67. The van der Waals surface area contributed by atoms with Gasteiger partial charge in [0.15, 0.2) is 0 Å². The van der Waals surface area contributed by atoms with Crippen LogP contribution in [-0.2, 0) is 15.8 Å². The number of nitrogens with zero attached hydrogens (tertiary/aromatic N) is 2. The van der Waals surface area contributed by atoms with Gasteiger partial charge in [-0.1, -0.05) is 12.1 Å². The molecule has 1 aromatic carbocycles. The van der Waals surface area contributed by atoms with Crippen LogP contribution >= 0.6 is 0 Å². The fourth-order valence-corrected chi connectivity index (χ4v) is 3.53. The highest BCUT2D eigenvalue weighted by atomic mass is 32.2. The molecule has 2 unspecified atom stereocenters. The summed E-state index contributed by atoms with van der Waals surface area (Å²) in [4.78, 5) is 9.94. The second-order valence-electron chi connectivity index (χ2n) is 4.63. The topological polar surface area (TPSA) is 121 Å². The predicted octanol–water partition coefficient (Wildman–Crippen LogP) is -0.538. The molecule has 9 heteroatoms. The second-order valence-corrected chi connectivity index (χ2v) is 6.60. The Kier molecular flexibility index (Phi) is 4.04. The highest BCUT2D eigenvalue weighted by Crippen LogP contribution is 2.19. The quantitative estimate of drug-likeness (QED) is 0.569. The minimum absolute atomic E-state index is 0.113. The van der Waals surface area contributed by atoms with Crippen LogP contribution in [-0.4, -0.2) is 53.2 Å². The number of benzene rings is 1. The molecule has 1 heterocycles. The number of aliphatic hydroxyl groups is 2. The van der Waals surface area contributed by atoms with Crippen LogP contribution in [0.1, 0.15) is 5.56 Å². The Balaban J connectivity index is 2.10. The van der Waals surface area contributed by atoms with Gasteiger partial charge in [-0.3, -0.25) is 10.1 Å². The molecule has 2 atom stereocenters. The molecule has 0 saturated carbocycles. The lowest BCUT2D eigenvalue weighted by atomic mass is 10.2. The van der Waals surface area contributed by atoms with Gasteiger partial charge in [-0.2, -0.15) is 4.31 Å². The van der Waals surface area contributed by atoms with E-state index in [1.165, 1.54) is 24.3 Å². The van der Waals surface area contributed by atoms with E-state index < -0.39 is 27.2 Å². The lowest BCUT2D eigenvalue weighted by molar-refractivity contribution is -0.384. The summed E-state index contributed by atoms with van der Waals surface area (Å²) in [5, 5.41) is 29.2. The van der Waals surface area contributed by atoms with Gasteiger partial charge in [-0.25, -0.2) is 8.42 Å². The van der Waals surface area contributed by atoms with E-state index in [9.17, 15) is 28.7 Å². The number of nitro groups is 1. The molecule has 2 N–H and O–H groups in total. The lowest BCUT2D eigenvalue weighted by Gasteiger charge is -2.15. The molecule has 2 rings (SSSR count). The van der Waals surface area contributed by atoms with Crippen molar-refractivity contribution in [3.05, 3.63) is 39.9 Å². The summed E-state index contributed by atoms with van der Waals surface area (Å²) < 4.78 is 25.2. The summed E-state index contributed by atoms with van der Waals surface area (Å²) in [6, 6.07) is 5.22. The highest BCUT2D eigenvalue weighted by molar-refractivity contribution is 7.88. The number of rotatable bonds is 4. The van der Waals surface area contributed by atoms with Gasteiger partial charge in [0.05, 0.1) is 22.9 Å². The van der Waals surface area contributed by atoms with Crippen molar-refractivity contribution in [2.75, 3.05) is 13.1 Å². The van der Waals surface area contributed by atoms with E-state index in [1.807, 2.05) is 0 Å². The molecule has 0 spiro atoms. The Morgan fingerprint density at radius 2 is 1.70 bits per heavy atom. The highest BCUT2D eigenvalue weighted by Gasteiger charge is 2.36. The van der Waals surface area contributed by atoms with Crippen LogP contribution in [0.3, 0.4) is 0 Å². The van der Waals surface area contributed by atoms with Gasteiger partial charge >= 0.3 is 0 Å². The van der Waals surface area contributed by atoms with Gasteiger partial charge in [0.25, 0.3) is 5.69 Å². The molecule has 0 aliphatic carbocycles. The summed E-state index contributed by atoms with van der Waals surface area (Å²) in [5.74, 6) is -0.329. The van der Waals surface area contributed by atoms with Gasteiger partial charge in [-0.15, -0.1) is 0 Å². The smallest absolute Gasteiger partial charge is 0.269 e. The maximum atomic E-state index is 12.1. The number of aliphatic hydroxyl groups excluding tert-OH is 2. The van der Waals surface area contributed by atoms with Crippen molar-refractivity contribution in [3.8, 4) is 0 Å². The van der Waals surface area contributed by atoms with E-state index in [0.717, 1.165) is 4.31 Å². The zero-order chi connectivity index (χ0) is 14.9. The Morgan fingerprint density at radius 1 is 1.20 bits per heavy atom. The van der Waals surface area contributed by atoms with Crippen molar-refractivity contribution in [2.24, 2.45) is 0 Å². The Morgan fingerprint density at radius 3 is 2.15 bits per heavy atom. The van der Waals surface area contributed by atoms with Crippen molar-refractivity contribution >= 4 is 15.7 Å². The third kappa shape index (κ3) is 3.12. The fourth-order valence-electron chi connectivity index (χ4n) is 1.98. The lowest BCUT2D eigenvalue weighted by Crippen LogP contribution is -2.31. The molecule has 0 amide bonds. The third-order valence-corrected chi connectivity index (χ3v) is 4.90. The van der Waals surface area contributed by atoms with E-state index in [1.54, 1.807) is 0 Å². The van der Waals surface area contributed by atoms with Crippen LogP contribution in [0.2, 0.25) is 0 Å². The van der Waals surface area contributed by atoms with Crippen molar-refractivity contribution in [1.82, 2.24) is 4.31 Å². The van der Waals surface area contributed by atoms with E-state index in [0.29, 0.717) is 5.56 Å². The van der Waals surface area contributed by atoms with Gasteiger partial charge in [-0.05, 0) is 5.56 Å². The molecule has 1 aromatic rings. The first-order valence-electron chi connectivity index (χ1n) is 5.87. The Bertz CT molecular complexity index is 590. The molecule has 0 aromatic heterocycles. The summed E-state index contributed by atoms with van der Waals surface area (Å²) in [6.07, 6.45) is -2.16. The van der Waals surface area contributed by atoms with Gasteiger partial charge in [0.2, 0.25) is 10.0 Å². The maximum absolute atomic E-state index is 12.1. The number of hydrogen-bond donors (Lipinski definition) is 2. The minimum Gasteiger partial charge on any atom is -0.389 e. The van der Waals surface area contributed by atoms with Gasteiger partial charge in [0, 0.05) is 25.2 Å². The van der Waals surface area contributed by atoms with Crippen LogP contribution in [0.25, 0.3) is 0 Å². The van der Waals surface area contributed by atoms with Crippen molar-refractivity contribution in [1.29, 1.82) is 0 Å². The summed E-state index contributed by atoms with van der Waals surface area (Å²) in [6.45, 7) is -0.285. The first-order chi connectivity index (χ1) is 9.29. The van der Waals surface area contributed by atoms with Gasteiger partial charge in [0.1, 0.15) is 0 Å². The van der Waals surface area contributed by atoms with Gasteiger partial charge < -0.3 is 10.2 Å². The van der Waals surface area contributed by atoms with E-state index in [4.69, 9.17) is 0 Å². The molecule has 110 valence electrons. The van der Waals surface area contributed by atoms with Crippen LogP contribution in [0.4, 0.5) is 5.69 Å². The average molecular weight is 302 g/mol. The molecular weight excluding hydrogens is 288 g/mol. The number of nitro benzene ring substituents is 1. The zero-order valence-electron chi connectivity index (χ0n) is 10.4. The largest absolute Gasteiger partial charge is 0.389 e. The Hall–Kier alpha value is -1.55. The molecule has 8 nitrogen and oxygen atoms in total. The Labute approximate surface area is 115 Å². The van der Waals surface area contributed by atoms with Crippen LogP contribution in [0.5, 0.6) is 0 Å². The van der Waals surface area contributed by atoms with Crippen LogP contribution in [0.15, 0.2) is 24.3 Å². The summed E-state index contributed by atoms with van der Waals surface area (Å²) >= 11 is 0. The second kappa shape index (κ2) is 5.44. The van der Waals surface area contributed by atoms with Crippen molar-refractivity contribution in [3.63, 3.8) is 0 Å². The van der Waals surface area contributed by atoms with E-state index in [-0.39, 0.29) is 24.5 Å². The maximum Gasteiger partial charge on any atom is 0.269 e. The van der Waals surface area contributed by atoms with Crippen molar-refractivity contribution < 1.29 is 23.6 Å². The molecule has 1 aliphatic rings. The number of β-amino-alcohol motifs (C(OH)–C–C–N with tert-alkyl or cyclic N) is 2. The fraction of sp³-hybridized carbons (Fsp3) is 0.455. The van der Waals surface area contributed by atoms with Crippen molar-refractivity contribution in [2.45, 2.75) is 18.0 Å². The van der Waals surface area contributed by atoms with E-state index >= 15 is 0 Å². The number of hydrogen-bond acceptors (Lipinski definition) is 6. The third-order valence-electron chi connectivity index (χ3n) is 3.12. The molecule has 0 radical (unpaired) electrons. The number of sulfonamides is 1. The van der Waals surface area contributed by atoms with Crippen LogP contribution in [0, 0.1) is 10.1 Å². The zero-order valence-corrected chi connectivity index (χ0v) is 11.2. The molecular formula is C11H14N2O6S. The standard InChI is InChI=1S/C11H14N2O6S/c14-10-5-12(6-11(10)15)20(18,19)7-8-1-3-9(4-2-8)13(16)17/h1-4,10-11,14-15H,5-7H2. The monoisotopic (exact) mass is 302 g/mol. The molecule has 1 aliphatic heterocycles. The summed E-state index contributed by atoms with van der Waals surface area (Å²) in [5.41, 5.74) is 0.296. The number of non-ortho nitro benzene ring substituents is 1. The summed E-state index contributed by atoms with van der Waals surface area (Å²) in [7, 11) is -3.67. The molecule has 1 fully saturated rings. The van der Waals surface area contributed by atoms with Crippen LogP contribution < -0.4 is 0 Å². The first-order valence-corrected chi connectivity index (χ1v) is 7.48. The normalized spacial score (nSPS) is 23.9. The first kappa shape index (κ1) is 14.9. The van der Waals surface area contributed by atoms with E-state index in [2.05, 4.69) is 0 Å². The molecule has 1 saturated heterocycles. The average Bonchev–Trinajstić information content (AvgIpc) is 2.71.